The van der Waals surface area contributed by atoms with Crippen molar-refractivity contribution in [1.29, 1.82) is 0 Å². The summed E-state index contributed by atoms with van der Waals surface area (Å²) in [6.07, 6.45) is 2.64. The molecule has 2 aromatic rings. The van der Waals surface area contributed by atoms with E-state index < -0.39 is 0 Å². The molecule has 2 heterocycles. The minimum absolute atomic E-state index is 0.0673. The van der Waals surface area contributed by atoms with E-state index in [4.69, 9.17) is 4.42 Å². The highest BCUT2D eigenvalue weighted by atomic mass is 16.3. The van der Waals surface area contributed by atoms with Crippen molar-refractivity contribution in [3.8, 4) is 0 Å². The lowest BCUT2D eigenvalue weighted by Crippen LogP contribution is -2.28. The molecular formula is C16H18N2O2. The second-order valence-electron chi connectivity index (χ2n) is 5.12. The van der Waals surface area contributed by atoms with E-state index in [1.165, 1.54) is 11.1 Å². The van der Waals surface area contributed by atoms with E-state index >= 15 is 0 Å². The number of hydrogen-bond donors (Lipinski definition) is 2. The van der Waals surface area contributed by atoms with Gasteiger partial charge in [0.05, 0.1) is 12.3 Å². The van der Waals surface area contributed by atoms with E-state index in [1.807, 2.05) is 31.2 Å². The number of furan rings is 1. The minimum atomic E-state index is -0.133. The van der Waals surface area contributed by atoms with E-state index in [1.54, 1.807) is 6.26 Å². The minimum Gasteiger partial charge on any atom is -0.467 e. The average Bonchev–Trinajstić information content (AvgIpc) is 3.01. The average molecular weight is 270 g/mol. The monoisotopic (exact) mass is 270 g/mol. The summed E-state index contributed by atoms with van der Waals surface area (Å²) < 4.78 is 5.30. The highest BCUT2D eigenvalue weighted by Gasteiger charge is 2.15. The van der Waals surface area contributed by atoms with Crippen molar-refractivity contribution in [3.05, 3.63) is 59.0 Å². The summed E-state index contributed by atoms with van der Waals surface area (Å²) in [7, 11) is 0. The molecule has 0 saturated heterocycles. The molecule has 1 aromatic carbocycles. The van der Waals surface area contributed by atoms with Crippen LogP contribution in [0.25, 0.3) is 0 Å². The van der Waals surface area contributed by atoms with Crippen molar-refractivity contribution < 1.29 is 9.21 Å². The Balaban J connectivity index is 1.74. The van der Waals surface area contributed by atoms with Crippen LogP contribution in [0.3, 0.4) is 0 Å². The molecule has 0 fully saturated rings. The van der Waals surface area contributed by atoms with Gasteiger partial charge in [-0.3, -0.25) is 4.79 Å². The maximum absolute atomic E-state index is 12.3. The molecule has 1 amide bonds. The van der Waals surface area contributed by atoms with Crippen molar-refractivity contribution >= 4 is 5.91 Å². The third-order valence-electron chi connectivity index (χ3n) is 3.67. The van der Waals surface area contributed by atoms with Crippen LogP contribution in [0.15, 0.2) is 41.0 Å². The Morgan fingerprint density at radius 3 is 3.05 bits per heavy atom. The van der Waals surface area contributed by atoms with Crippen LogP contribution < -0.4 is 10.6 Å². The number of carbonyl (C=O) groups is 1. The molecule has 0 bridgehead atoms. The molecule has 1 aliphatic rings. The van der Waals surface area contributed by atoms with Crippen LogP contribution in [0, 0.1) is 0 Å². The Kier molecular flexibility index (Phi) is 3.56. The van der Waals surface area contributed by atoms with Gasteiger partial charge in [-0.05, 0) is 55.3 Å². The van der Waals surface area contributed by atoms with Gasteiger partial charge in [0.1, 0.15) is 5.76 Å². The fourth-order valence-electron chi connectivity index (χ4n) is 2.51. The summed E-state index contributed by atoms with van der Waals surface area (Å²) in [5, 5.41) is 6.28. The third-order valence-corrected chi connectivity index (χ3v) is 3.67. The Hall–Kier alpha value is -2.07. The molecule has 0 spiro atoms. The van der Waals surface area contributed by atoms with Gasteiger partial charge in [-0.25, -0.2) is 0 Å². The zero-order valence-corrected chi connectivity index (χ0v) is 11.5. The lowest BCUT2D eigenvalue weighted by atomic mass is 9.98. The lowest BCUT2D eigenvalue weighted by molar-refractivity contribution is 0.0935. The molecule has 1 atom stereocenters. The first-order valence-electron chi connectivity index (χ1n) is 6.91. The largest absolute Gasteiger partial charge is 0.467 e. The summed E-state index contributed by atoms with van der Waals surface area (Å²) in [4.78, 5) is 12.3. The summed E-state index contributed by atoms with van der Waals surface area (Å²) in [5.74, 6) is 0.695. The van der Waals surface area contributed by atoms with E-state index in [-0.39, 0.29) is 11.9 Å². The second-order valence-corrected chi connectivity index (χ2v) is 5.12. The number of rotatable bonds is 3. The van der Waals surface area contributed by atoms with Crippen molar-refractivity contribution in [2.45, 2.75) is 25.9 Å². The molecule has 4 heteroatoms. The smallest absolute Gasteiger partial charge is 0.251 e. The van der Waals surface area contributed by atoms with Crippen LogP contribution >= 0.6 is 0 Å². The molecule has 20 heavy (non-hydrogen) atoms. The number of fused-ring (bicyclic) bond motifs is 1. The molecule has 1 aromatic heterocycles. The van der Waals surface area contributed by atoms with Crippen LogP contribution in [-0.4, -0.2) is 12.5 Å². The molecule has 0 unspecified atom stereocenters. The highest BCUT2D eigenvalue weighted by molar-refractivity contribution is 5.94. The molecule has 2 N–H and O–H groups in total. The second kappa shape index (κ2) is 5.51. The highest BCUT2D eigenvalue weighted by Crippen LogP contribution is 2.17. The Bertz CT molecular complexity index is 605. The van der Waals surface area contributed by atoms with Crippen LogP contribution in [0.1, 0.15) is 40.2 Å². The van der Waals surface area contributed by atoms with Gasteiger partial charge in [0.2, 0.25) is 0 Å². The number of benzene rings is 1. The third kappa shape index (κ3) is 2.60. The molecule has 3 rings (SSSR count). The van der Waals surface area contributed by atoms with Crippen molar-refractivity contribution in [2.75, 3.05) is 6.54 Å². The van der Waals surface area contributed by atoms with Gasteiger partial charge < -0.3 is 15.1 Å². The maximum atomic E-state index is 12.3. The van der Waals surface area contributed by atoms with Gasteiger partial charge in [0, 0.05) is 12.1 Å². The van der Waals surface area contributed by atoms with Crippen LogP contribution in [0.4, 0.5) is 0 Å². The molecule has 104 valence electrons. The fraction of sp³-hybridized carbons (Fsp3) is 0.312. The zero-order chi connectivity index (χ0) is 13.9. The quantitative estimate of drug-likeness (QED) is 0.900. The summed E-state index contributed by atoms with van der Waals surface area (Å²) in [6, 6.07) is 9.49. The van der Waals surface area contributed by atoms with Crippen molar-refractivity contribution in [2.24, 2.45) is 0 Å². The normalized spacial score (nSPS) is 15.4. The number of amides is 1. The standard InChI is InChI=1S/C16H18N2O2/c1-11(15-3-2-8-20-15)18-16(19)13-5-4-12-6-7-17-10-14(12)9-13/h2-5,8-9,11,17H,6-7,10H2,1H3,(H,18,19)/t11-/m1/s1. The predicted octanol–water partition coefficient (Wildman–Crippen LogP) is 2.42. The Morgan fingerprint density at radius 1 is 1.35 bits per heavy atom. The SMILES string of the molecule is C[C@@H](NC(=O)c1ccc2c(c1)CNCC2)c1ccco1. The lowest BCUT2D eigenvalue weighted by Gasteiger charge is -2.18. The predicted molar refractivity (Wildman–Crippen MR) is 76.4 cm³/mol. The molecule has 1 aliphatic heterocycles. The van der Waals surface area contributed by atoms with Gasteiger partial charge in [0.25, 0.3) is 5.91 Å². The van der Waals surface area contributed by atoms with E-state index in [9.17, 15) is 4.79 Å². The topological polar surface area (TPSA) is 54.3 Å². The first-order chi connectivity index (χ1) is 9.74. The molecule has 0 saturated carbocycles. The fourth-order valence-corrected chi connectivity index (χ4v) is 2.51. The number of hydrogen-bond acceptors (Lipinski definition) is 3. The Labute approximate surface area is 118 Å². The van der Waals surface area contributed by atoms with Crippen LogP contribution in [0.5, 0.6) is 0 Å². The van der Waals surface area contributed by atoms with E-state index in [2.05, 4.69) is 16.7 Å². The van der Waals surface area contributed by atoms with E-state index in [0.717, 1.165) is 25.3 Å². The first kappa shape index (κ1) is 12.9. The first-order valence-corrected chi connectivity index (χ1v) is 6.91. The summed E-state index contributed by atoms with van der Waals surface area (Å²) >= 11 is 0. The van der Waals surface area contributed by atoms with E-state index in [0.29, 0.717) is 5.56 Å². The Morgan fingerprint density at radius 2 is 2.25 bits per heavy atom. The molecule has 4 nitrogen and oxygen atoms in total. The van der Waals surface area contributed by atoms with Crippen molar-refractivity contribution in [3.63, 3.8) is 0 Å². The maximum Gasteiger partial charge on any atom is 0.251 e. The van der Waals surface area contributed by atoms with Crippen molar-refractivity contribution in [1.82, 2.24) is 10.6 Å². The summed E-state index contributed by atoms with van der Waals surface area (Å²) in [5.41, 5.74) is 3.25. The molecule has 0 radical (unpaired) electrons. The van der Waals surface area contributed by atoms with Gasteiger partial charge >= 0.3 is 0 Å². The zero-order valence-electron chi connectivity index (χ0n) is 11.5. The number of carbonyl (C=O) groups excluding carboxylic acids is 1. The molecule has 0 aliphatic carbocycles. The van der Waals surface area contributed by atoms with Gasteiger partial charge in [-0.2, -0.15) is 0 Å². The molecular weight excluding hydrogens is 252 g/mol. The van der Waals surface area contributed by atoms with Gasteiger partial charge in [-0.15, -0.1) is 0 Å². The van der Waals surface area contributed by atoms with Crippen LogP contribution in [-0.2, 0) is 13.0 Å². The van der Waals surface area contributed by atoms with Gasteiger partial charge in [0.15, 0.2) is 0 Å². The number of nitrogens with one attached hydrogen (secondary N) is 2. The summed E-state index contributed by atoms with van der Waals surface area (Å²) in [6.45, 7) is 3.76. The van der Waals surface area contributed by atoms with Crippen LogP contribution in [0.2, 0.25) is 0 Å². The van der Waals surface area contributed by atoms with Gasteiger partial charge in [-0.1, -0.05) is 6.07 Å².